The van der Waals surface area contributed by atoms with Crippen molar-refractivity contribution in [1.82, 2.24) is 9.88 Å². The largest absolute Gasteiger partial charge is 0.394 e. The molecule has 120 valence electrons. The van der Waals surface area contributed by atoms with Gasteiger partial charge in [-0.3, -0.25) is 4.79 Å². The van der Waals surface area contributed by atoms with E-state index in [2.05, 4.69) is 9.88 Å². The van der Waals surface area contributed by atoms with Crippen LogP contribution in [0.4, 0.5) is 0 Å². The summed E-state index contributed by atoms with van der Waals surface area (Å²) < 4.78 is 7.25. The van der Waals surface area contributed by atoms with Crippen molar-refractivity contribution >= 4 is 16.8 Å². The smallest absolute Gasteiger partial charge is 0.224 e. The van der Waals surface area contributed by atoms with Gasteiger partial charge in [-0.25, -0.2) is 0 Å². The van der Waals surface area contributed by atoms with Crippen molar-refractivity contribution < 1.29 is 14.6 Å². The third-order valence-electron chi connectivity index (χ3n) is 3.63. The highest BCUT2D eigenvalue weighted by molar-refractivity contribution is 5.89. The summed E-state index contributed by atoms with van der Waals surface area (Å²) >= 11 is 0. The van der Waals surface area contributed by atoms with Gasteiger partial charge in [0.25, 0.3) is 0 Å². The van der Waals surface area contributed by atoms with Crippen LogP contribution in [0.15, 0.2) is 30.5 Å². The monoisotopic (exact) mass is 304 g/mol. The molecule has 22 heavy (non-hydrogen) atoms. The second-order valence-corrected chi connectivity index (χ2v) is 6.12. The maximum Gasteiger partial charge on any atom is 0.224 e. The zero-order chi connectivity index (χ0) is 16.2. The summed E-state index contributed by atoms with van der Waals surface area (Å²) in [6.45, 7) is 4.89. The molecule has 0 aliphatic rings. The average Bonchev–Trinajstić information content (AvgIpc) is 2.83. The summed E-state index contributed by atoms with van der Waals surface area (Å²) in [5.41, 5.74) is 1.48. The molecule has 0 spiro atoms. The molecule has 1 amide bonds. The first-order chi connectivity index (χ1) is 10.5. The molecule has 1 aromatic heterocycles. The Balaban J connectivity index is 2.22. The third-order valence-corrected chi connectivity index (χ3v) is 3.63. The SMILES string of the molecule is COCCn1cc(CC(=O)NC(C)(C)CO)c2ccccc21. The molecule has 1 aromatic carbocycles. The normalized spacial score (nSPS) is 11.8. The summed E-state index contributed by atoms with van der Waals surface area (Å²) in [4.78, 5) is 12.2. The van der Waals surface area contributed by atoms with Crippen molar-refractivity contribution in [2.24, 2.45) is 0 Å². The van der Waals surface area contributed by atoms with Crippen LogP contribution >= 0.6 is 0 Å². The van der Waals surface area contributed by atoms with Gasteiger partial charge in [0.05, 0.1) is 25.2 Å². The first-order valence-electron chi connectivity index (χ1n) is 7.44. The number of benzene rings is 1. The number of aliphatic hydroxyl groups is 1. The molecule has 0 aliphatic heterocycles. The molecule has 0 bridgehead atoms. The summed E-state index contributed by atoms with van der Waals surface area (Å²) in [7, 11) is 1.68. The molecule has 0 fully saturated rings. The van der Waals surface area contributed by atoms with Gasteiger partial charge in [-0.05, 0) is 25.5 Å². The quantitative estimate of drug-likeness (QED) is 0.818. The Morgan fingerprint density at radius 2 is 2.09 bits per heavy atom. The van der Waals surface area contributed by atoms with E-state index in [-0.39, 0.29) is 12.5 Å². The number of rotatable bonds is 7. The van der Waals surface area contributed by atoms with Crippen molar-refractivity contribution in [3.8, 4) is 0 Å². The van der Waals surface area contributed by atoms with Crippen LogP contribution in [-0.2, 0) is 22.5 Å². The van der Waals surface area contributed by atoms with Crippen LogP contribution in [0.3, 0.4) is 0 Å². The van der Waals surface area contributed by atoms with E-state index in [9.17, 15) is 9.90 Å². The molecule has 0 saturated carbocycles. The Morgan fingerprint density at radius 1 is 1.36 bits per heavy atom. The minimum Gasteiger partial charge on any atom is -0.394 e. The Labute approximate surface area is 130 Å². The Hall–Kier alpha value is -1.85. The number of hydrogen-bond donors (Lipinski definition) is 2. The van der Waals surface area contributed by atoms with Gasteiger partial charge in [0, 0.05) is 30.8 Å². The number of carbonyl (C=O) groups excluding carboxylic acids is 1. The molecule has 2 aromatic rings. The van der Waals surface area contributed by atoms with E-state index in [1.807, 2.05) is 30.5 Å². The number of hydrogen-bond acceptors (Lipinski definition) is 3. The first-order valence-corrected chi connectivity index (χ1v) is 7.44. The highest BCUT2D eigenvalue weighted by atomic mass is 16.5. The fraction of sp³-hybridized carbons (Fsp3) is 0.471. The van der Waals surface area contributed by atoms with Gasteiger partial charge in [0.1, 0.15) is 0 Å². The van der Waals surface area contributed by atoms with Crippen molar-refractivity contribution in [2.45, 2.75) is 32.4 Å². The molecule has 2 N–H and O–H groups in total. The van der Waals surface area contributed by atoms with Crippen LogP contribution in [0.25, 0.3) is 10.9 Å². The molecule has 0 saturated heterocycles. The van der Waals surface area contributed by atoms with E-state index in [4.69, 9.17) is 4.74 Å². The fourth-order valence-corrected chi connectivity index (χ4v) is 2.47. The van der Waals surface area contributed by atoms with E-state index < -0.39 is 5.54 Å². The highest BCUT2D eigenvalue weighted by Gasteiger charge is 2.20. The van der Waals surface area contributed by atoms with Crippen molar-refractivity contribution in [3.05, 3.63) is 36.0 Å². The van der Waals surface area contributed by atoms with Crippen molar-refractivity contribution in [2.75, 3.05) is 20.3 Å². The van der Waals surface area contributed by atoms with Crippen LogP contribution in [0, 0.1) is 0 Å². The van der Waals surface area contributed by atoms with E-state index in [0.29, 0.717) is 13.0 Å². The van der Waals surface area contributed by atoms with Gasteiger partial charge in [-0.15, -0.1) is 0 Å². The summed E-state index contributed by atoms with van der Waals surface area (Å²) in [5, 5.41) is 13.2. The second kappa shape index (κ2) is 6.94. The zero-order valence-electron chi connectivity index (χ0n) is 13.4. The maximum atomic E-state index is 12.2. The second-order valence-electron chi connectivity index (χ2n) is 6.12. The number of para-hydroxylation sites is 1. The van der Waals surface area contributed by atoms with E-state index in [0.717, 1.165) is 23.0 Å². The number of carbonyl (C=O) groups is 1. The van der Waals surface area contributed by atoms with Crippen molar-refractivity contribution in [3.63, 3.8) is 0 Å². The lowest BCUT2D eigenvalue weighted by atomic mass is 10.1. The molecule has 0 aliphatic carbocycles. The standard InChI is InChI=1S/C17H24N2O3/c1-17(2,12-20)18-16(21)10-13-11-19(8-9-22-3)15-7-5-4-6-14(13)15/h4-7,11,20H,8-10,12H2,1-3H3,(H,18,21). The lowest BCUT2D eigenvalue weighted by Gasteiger charge is -2.23. The number of amides is 1. The third kappa shape index (κ3) is 3.87. The average molecular weight is 304 g/mol. The molecule has 2 rings (SSSR count). The van der Waals surface area contributed by atoms with E-state index in [1.54, 1.807) is 21.0 Å². The Bertz CT molecular complexity index is 646. The molecule has 0 radical (unpaired) electrons. The van der Waals surface area contributed by atoms with Crippen LogP contribution < -0.4 is 5.32 Å². The fourth-order valence-electron chi connectivity index (χ4n) is 2.47. The van der Waals surface area contributed by atoms with Gasteiger partial charge in [0.2, 0.25) is 5.91 Å². The van der Waals surface area contributed by atoms with Gasteiger partial charge < -0.3 is 19.7 Å². The topological polar surface area (TPSA) is 63.5 Å². The lowest BCUT2D eigenvalue weighted by Crippen LogP contribution is -2.46. The Morgan fingerprint density at radius 3 is 2.77 bits per heavy atom. The maximum absolute atomic E-state index is 12.2. The van der Waals surface area contributed by atoms with Gasteiger partial charge in [-0.1, -0.05) is 18.2 Å². The minimum absolute atomic E-state index is 0.0889. The number of methoxy groups -OCH3 is 1. The summed E-state index contributed by atoms with van der Waals surface area (Å²) in [6, 6.07) is 8.04. The van der Waals surface area contributed by atoms with Gasteiger partial charge in [0.15, 0.2) is 0 Å². The minimum atomic E-state index is -0.606. The predicted molar refractivity (Wildman–Crippen MR) is 86.8 cm³/mol. The van der Waals surface area contributed by atoms with Crippen LogP contribution in [0.5, 0.6) is 0 Å². The molecular weight excluding hydrogens is 280 g/mol. The van der Waals surface area contributed by atoms with Crippen LogP contribution in [-0.4, -0.2) is 41.4 Å². The number of nitrogens with one attached hydrogen (secondary N) is 1. The van der Waals surface area contributed by atoms with Gasteiger partial charge >= 0.3 is 0 Å². The molecule has 5 nitrogen and oxygen atoms in total. The van der Waals surface area contributed by atoms with Crippen molar-refractivity contribution in [1.29, 1.82) is 0 Å². The highest BCUT2D eigenvalue weighted by Crippen LogP contribution is 2.22. The Kier molecular flexibility index (Phi) is 5.21. The van der Waals surface area contributed by atoms with Gasteiger partial charge in [-0.2, -0.15) is 0 Å². The van der Waals surface area contributed by atoms with Crippen LogP contribution in [0.1, 0.15) is 19.4 Å². The van der Waals surface area contributed by atoms with Crippen LogP contribution in [0.2, 0.25) is 0 Å². The molecule has 0 atom stereocenters. The predicted octanol–water partition coefficient (Wildman–Crippen LogP) is 1.72. The van der Waals surface area contributed by atoms with E-state index >= 15 is 0 Å². The molecule has 0 unspecified atom stereocenters. The first kappa shape index (κ1) is 16.5. The number of nitrogens with zero attached hydrogens (tertiary/aromatic N) is 1. The molecule has 5 heteroatoms. The summed E-state index contributed by atoms with van der Waals surface area (Å²) in [6.07, 6.45) is 2.30. The number of aromatic nitrogens is 1. The zero-order valence-corrected chi connectivity index (χ0v) is 13.4. The number of ether oxygens (including phenoxy) is 1. The summed E-state index contributed by atoms with van der Waals surface area (Å²) in [5.74, 6) is -0.0892. The number of aliphatic hydroxyl groups excluding tert-OH is 1. The lowest BCUT2D eigenvalue weighted by molar-refractivity contribution is -0.122. The van der Waals surface area contributed by atoms with E-state index in [1.165, 1.54) is 0 Å². The molecule has 1 heterocycles. The number of fused-ring (bicyclic) bond motifs is 1. The molecular formula is C17H24N2O3.